The lowest BCUT2D eigenvalue weighted by molar-refractivity contribution is -0.137. The standard InChI is InChI=1S/C14H19NO3/c1-8-5-6-9(14(2,3)4)7-10(8)12(16)11(15)13(17)18/h5-7,11H,15H2,1-4H3,(H,17,18). The van der Waals surface area contributed by atoms with E-state index >= 15 is 0 Å². The van der Waals surface area contributed by atoms with Crippen molar-refractivity contribution in [2.24, 2.45) is 5.73 Å². The SMILES string of the molecule is Cc1ccc(C(C)(C)C)cc1C(=O)C(N)C(=O)O. The van der Waals surface area contributed by atoms with Crippen LogP contribution in [0.5, 0.6) is 0 Å². The molecule has 18 heavy (non-hydrogen) atoms. The number of carbonyl (C=O) groups is 2. The molecule has 0 amide bonds. The Bertz CT molecular complexity index is 486. The Hall–Kier alpha value is -1.68. The van der Waals surface area contributed by atoms with Crippen molar-refractivity contribution in [3.63, 3.8) is 0 Å². The number of aryl methyl sites for hydroxylation is 1. The summed E-state index contributed by atoms with van der Waals surface area (Å²) < 4.78 is 0. The van der Waals surface area contributed by atoms with Crippen LogP contribution in [0.1, 0.15) is 42.3 Å². The predicted molar refractivity (Wildman–Crippen MR) is 69.8 cm³/mol. The summed E-state index contributed by atoms with van der Waals surface area (Å²) in [5, 5.41) is 8.79. The van der Waals surface area contributed by atoms with Gasteiger partial charge in [-0.1, -0.05) is 32.9 Å². The van der Waals surface area contributed by atoms with E-state index in [1.807, 2.05) is 32.9 Å². The van der Waals surface area contributed by atoms with Crippen LogP contribution in [0.3, 0.4) is 0 Å². The number of hydrogen-bond acceptors (Lipinski definition) is 3. The highest BCUT2D eigenvalue weighted by atomic mass is 16.4. The number of aliphatic carboxylic acids is 1. The Morgan fingerprint density at radius 2 is 1.83 bits per heavy atom. The highest BCUT2D eigenvalue weighted by molar-refractivity contribution is 6.12. The van der Waals surface area contributed by atoms with Gasteiger partial charge in [0.15, 0.2) is 11.8 Å². The van der Waals surface area contributed by atoms with Crippen LogP contribution < -0.4 is 5.73 Å². The van der Waals surface area contributed by atoms with Crippen molar-refractivity contribution in [3.05, 3.63) is 34.9 Å². The van der Waals surface area contributed by atoms with Crippen LogP contribution in [0.2, 0.25) is 0 Å². The summed E-state index contributed by atoms with van der Waals surface area (Å²) >= 11 is 0. The number of rotatable bonds is 3. The van der Waals surface area contributed by atoms with Crippen molar-refractivity contribution in [2.45, 2.75) is 39.2 Å². The van der Waals surface area contributed by atoms with E-state index in [1.54, 1.807) is 13.0 Å². The van der Waals surface area contributed by atoms with Crippen LogP contribution in [0, 0.1) is 6.92 Å². The molecule has 1 rings (SSSR count). The van der Waals surface area contributed by atoms with Crippen LogP contribution in [0.15, 0.2) is 18.2 Å². The minimum atomic E-state index is -1.50. The van der Waals surface area contributed by atoms with E-state index in [1.165, 1.54) is 0 Å². The van der Waals surface area contributed by atoms with Crippen molar-refractivity contribution < 1.29 is 14.7 Å². The van der Waals surface area contributed by atoms with Crippen LogP contribution >= 0.6 is 0 Å². The second kappa shape index (κ2) is 4.90. The van der Waals surface area contributed by atoms with Gasteiger partial charge in [-0.3, -0.25) is 9.59 Å². The highest BCUT2D eigenvalue weighted by Gasteiger charge is 2.25. The maximum atomic E-state index is 12.0. The third kappa shape index (κ3) is 2.96. The van der Waals surface area contributed by atoms with Crippen LogP contribution in [0.25, 0.3) is 0 Å². The quantitative estimate of drug-likeness (QED) is 0.633. The number of Topliss-reactive ketones (excluding diaryl/α,β-unsaturated/α-hetero) is 1. The summed E-state index contributed by atoms with van der Waals surface area (Å²) in [6.07, 6.45) is 0. The van der Waals surface area contributed by atoms with Gasteiger partial charge < -0.3 is 10.8 Å². The lowest BCUT2D eigenvalue weighted by Crippen LogP contribution is -2.38. The molecule has 0 saturated carbocycles. The number of carboxylic acids is 1. The van der Waals surface area contributed by atoms with Crippen LogP contribution in [-0.4, -0.2) is 22.9 Å². The van der Waals surface area contributed by atoms with Crippen LogP contribution in [-0.2, 0) is 10.2 Å². The number of ketones is 1. The molecule has 0 radical (unpaired) electrons. The van der Waals surface area contributed by atoms with Gasteiger partial charge in [0, 0.05) is 5.56 Å². The molecular weight excluding hydrogens is 230 g/mol. The van der Waals surface area contributed by atoms with E-state index in [0.29, 0.717) is 5.56 Å². The maximum Gasteiger partial charge on any atom is 0.328 e. The third-order valence-corrected chi connectivity index (χ3v) is 2.92. The van der Waals surface area contributed by atoms with E-state index in [4.69, 9.17) is 10.8 Å². The topological polar surface area (TPSA) is 80.4 Å². The molecule has 4 nitrogen and oxygen atoms in total. The minimum Gasteiger partial charge on any atom is -0.480 e. The number of benzene rings is 1. The Kier molecular flexibility index (Phi) is 3.92. The van der Waals surface area contributed by atoms with Gasteiger partial charge in [0.25, 0.3) is 0 Å². The average molecular weight is 249 g/mol. The summed E-state index contributed by atoms with van der Waals surface area (Å²) in [5.74, 6) is -1.85. The zero-order valence-corrected chi connectivity index (χ0v) is 11.2. The zero-order valence-electron chi connectivity index (χ0n) is 11.2. The Morgan fingerprint density at radius 1 is 1.28 bits per heavy atom. The molecule has 3 N–H and O–H groups in total. The summed E-state index contributed by atoms with van der Waals surface area (Å²) in [4.78, 5) is 22.7. The zero-order chi connectivity index (χ0) is 14.1. The van der Waals surface area contributed by atoms with Gasteiger partial charge in [-0.05, 0) is 29.5 Å². The third-order valence-electron chi connectivity index (χ3n) is 2.92. The molecule has 0 saturated heterocycles. The molecule has 1 aromatic rings. The lowest BCUT2D eigenvalue weighted by atomic mass is 9.84. The second-order valence-electron chi connectivity index (χ2n) is 5.46. The highest BCUT2D eigenvalue weighted by Crippen LogP contribution is 2.25. The molecule has 0 spiro atoms. The normalized spacial score (nSPS) is 13.2. The number of carbonyl (C=O) groups excluding carboxylic acids is 1. The van der Waals surface area contributed by atoms with Crippen molar-refractivity contribution in [2.75, 3.05) is 0 Å². The lowest BCUT2D eigenvalue weighted by Gasteiger charge is -2.21. The Labute approximate surface area is 107 Å². The molecule has 1 unspecified atom stereocenters. The van der Waals surface area contributed by atoms with E-state index in [-0.39, 0.29) is 5.41 Å². The minimum absolute atomic E-state index is 0.101. The number of carboxylic acid groups (broad SMARTS) is 1. The molecule has 0 aromatic heterocycles. The first-order valence-electron chi connectivity index (χ1n) is 5.78. The molecule has 0 heterocycles. The summed E-state index contributed by atoms with van der Waals surface area (Å²) in [6.45, 7) is 7.86. The van der Waals surface area contributed by atoms with Crippen molar-refractivity contribution in [1.29, 1.82) is 0 Å². The second-order valence-corrected chi connectivity index (χ2v) is 5.46. The van der Waals surface area contributed by atoms with Gasteiger partial charge in [0.1, 0.15) is 0 Å². The van der Waals surface area contributed by atoms with Crippen LogP contribution in [0.4, 0.5) is 0 Å². The fraction of sp³-hybridized carbons (Fsp3) is 0.429. The maximum absolute atomic E-state index is 12.0. The molecule has 1 atom stereocenters. The van der Waals surface area contributed by atoms with E-state index in [9.17, 15) is 9.59 Å². The molecular formula is C14H19NO3. The largest absolute Gasteiger partial charge is 0.480 e. The molecule has 0 bridgehead atoms. The van der Waals surface area contributed by atoms with Gasteiger partial charge in [-0.25, -0.2) is 0 Å². The first-order chi connectivity index (χ1) is 8.14. The average Bonchev–Trinajstić information content (AvgIpc) is 2.26. The molecule has 98 valence electrons. The first kappa shape index (κ1) is 14.4. The van der Waals surface area contributed by atoms with Gasteiger partial charge in [0.2, 0.25) is 0 Å². The van der Waals surface area contributed by atoms with Gasteiger partial charge >= 0.3 is 5.97 Å². The fourth-order valence-electron chi connectivity index (χ4n) is 1.63. The summed E-state index contributed by atoms with van der Waals surface area (Å²) in [5.41, 5.74) is 7.38. The first-order valence-corrected chi connectivity index (χ1v) is 5.78. The van der Waals surface area contributed by atoms with Crippen molar-refractivity contribution >= 4 is 11.8 Å². The smallest absolute Gasteiger partial charge is 0.328 e. The molecule has 0 aliphatic rings. The fourth-order valence-corrected chi connectivity index (χ4v) is 1.63. The number of nitrogens with two attached hydrogens (primary N) is 1. The molecule has 0 fully saturated rings. The summed E-state index contributed by atoms with van der Waals surface area (Å²) in [6, 6.07) is 4.00. The predicted octanol–water partition coefficient (Wildman–Crippen LogP) is 1.89. The number of hydrogen-bond donors (Lipinski definition) is 2. The molecule has 4 heteroatoms. The van der Waals surface area contributed by atoms with E-state index in [2.05, 4.69) is 0 Å². The van der Waals surface area contributed by atoms with Gasteiger partial charge in [-0.15, -0.1) is 0 Å². The molecule has 0 aliphatic carbocycles. The van der Waals surface area contributed by atoms with E-state index in [0.717, 1.165) is 11.1 Å². The van der Waals surface area contributed by atoms with Gasteiger partial charge in [0.05, 0.1) is 0 Å². The van der Waals surface area contributed by atoms with Gasteiger partial charge in [-0.2, -0.15) is 0 Å². The summed E-state index contributed by atoms with van der Waals surface area (Å²) in [7, 11) is 0. The Morgan fingerprint density at radius 3 is 2.28 bits per heavy atom. The monoisotopic (exact) mass is 249 g/mol. The Balaban J connectivity index is 3.24. The molecule has 0 aliphatic heterocycles. The van der Waals surface area contributed by atoms with E-state index < -0.39 is 17.8 Å². The molecule has 1 aromatic carbocycles. The van der Waals surface area contributed by atoms with Crippen molar-refractivity contribution in [3.8, 4) is 0 Å². The van der Waals surface area contributed by atoms with Crippen molar-refractivity contribution in [1.82, 2.24) is 0 Å².